The Labute approximate surface area is 107 Å². The van der Waals surface area contributed by atoms with Gasteiger partial charge in [0, 0.05) is 29.3 Å². The van der Waals surface area contributed by atoms with Crippen LogP contribution in [0.3, 0.4) is 0 Å². The van der Waals surface area contributed by atoms with E-state index in [-0.39, 0.29) is 0 Å². The molecule has 1 aromatic rings. The van der Waals surface area contributed by atoms with Gasteiger partial charge < -0.3 is 21.1 Å². The van der Waals surface area contributed by atoms with Crippen LogP contribution in [0.4, 0.5) is 5.69 Å². The first-order chi connectivity index (χ1) is 8.40. The lowest BCUT2D eigenvalue weighted by Gasteiger charge is -2.12. The summed E-state index contributed by atoms with van der Waals surface area (Å²) in [4.78, 5) is 0. The molecule has 1 rings (SSSR count). The normalized spacial score (nSPS) is 12.3. The maximum absolute atomic E-state index is 12.1. The Morgan fingerprint density at radius 2 is 2.22 bits per heavy atom. The molecule has 0 bridgehead atoms. The van der Waals surface area contributed by atoms with Crippen LogP contribution in [0.5, 0.6) is 0 Å². The van der Waals surface area contributed by atoms with Crippen LogP contribution in [0, 0.1) is 5.41 Å². The molecule has 0 aliphatic rings. The van der Waals surface area contributed by atoms with Crippen molar-refractivity contribution in [3.8, 4) is 0 Å². The molecule has 0 fully saturated rings. The summed E-state index contributed by atoms with van der Waals surface area (Å²) >= 11 is 0. The third-order valence-electron chi connectivity index (χ3n) is 2.40. The number of nitrogens with two attached hydrogens (primary N) is 1. The van der Waals surface area contributed by atoms with Gasteiger partial charge in [-0.05, 0) is 32.4 Å². The van der Waals surface area contributed by atoms with E-state index in [0.29, 0.717) is 23.2 Å². The highest BCUT2D eigenvalue weighted by Gasteiger charge is 2.16. The van der Waals surface area contributed by atoms with Crippen molar-refractivity contribution in [1.82, 2.24) is 5.43 Å². The number of benzene rings is 1. The van der Waals surface area contributed by atoms with Gasteiger partial charge in [-0.3, -0.25) is 0 Å². The first kappa shape index (κ1) is 14.5. The second-order valence-corrected chi connectivity index (χ2v) is 7.46. The fraction of sp³-hybridized carbons (Fsp3) is 0.333. The number of hydrogen-bond acceptors (Lipinski definition) is 5. The van der Waals surface area contributed by atoms with E-state index >= 15 is 0 Å². The van der Waals surface area contributed by atoms with Crippen LogP contribution in [-0.4, -0.2) is 31.8 Å². The lowest BCUT2D eigenvalue weighted by molar-refractivity contribution is 0.588. The van der Waals surface area contributed by atoms with E-state index in [1.165, 1.54) is 0 Å². The molecule has 98 valence electrons. The lowest BCUT2D eigenvalue weighted by Crippen LogP contribution is -2.16. The van der Waals surface area contributed by atoms with E-state index in [9.17, 15) is 4.57 Å². The molecule has 1 aromatic carbocycles. The van der Waals surface area contributed by atoms with E-state index in [0.717, 1.165) is 11.8 Å². The largest absolute Gasteiger partial charge is 0.398 e. The average Bonchev–Trinajstić information content (AvgIpc) is 2.30. The molecule has 18 heavy (non-hydrogen) atoms. The van der Waals surface area contributed by atoms with Crippen LogP contribution in [0.15, 0.2) is 23.3 Å². The second kappa shape index (κ2) is 5.83. The van der Waals surface area contributed by atoms with Crippen LogP contribution in [0.1, 0.15) is 12.5 Å². The smallest absolute Gasteiger partial charge is 0.111 e. The van der Waals surface area contributed by atoms with Crippen molar-refractivity contribution < 1.29 is 4.57 Å². The molecule has 0 aromatic heterocycles. The van der Waals surface area contributed by atoms with Gasteiger partial charge in [-0.1, -0.05) is 6.07 Å². The number of nitrogen functional groups attached to an aromatic ring is 1. The Bertz CT molecular complexity index is 519. The summed E-state index contributed by atoms with van der Waals surface area (Å²) in [7, 11) is -2.43. The summed E-state index contributed by atoms with van der Waals surface area (Å²) in [6.07, 6.45) is 1.16. The standard InChI is InChI=1S/C12H19N4OP/c1-4-15-16-11(8-13)9-5-6-10(14)12(7-9)18(2,3)17/h5-8,13,15H,4,14H2,1-3H3/b13-8?,16-11+. The summed E-state index contributed by atoms with van der Waals surface area (Å²) in [5, 5.41) is 12.1. The molecule has 0 saturated carbocycles. The average molecular weight is 266 g/mol. The number of nitrogens with zero attached hydrogens (tertiary/aromatic N) is 1. The Morgan fingerprint density at radius 1 is 1.56 bits per heavy atom. The number of hydrogen-bond donors (Lipinski definition) is 3. The van der Waals surface area contributed by atoms with Crippen LogP contribution < -0.4 is 16.5 Å². The number of anilines is 1. The monoisotopic (exact) mass is 266 g/mol. The van der Waals surface area contributed by atoms with E-state index in [4.69, 9.17) is 11.1 Å². The highest BCUT2D eigenvalue weighted by atomic mass is 31.2. The zero-order chi connectivity index (χ0) is 13.8. The molecule has 0 radical (unpaired) electrons. The first-order valence-corrected chi connectivity index (χ1v) is 8.26. The van der Waals surface area contributed by atoms with Crippen molar-refractivity contribution in [3.63, 3.8) is 0 Å². The lowest BCUT2D eigenvalue weighted by atomic mass is 10.1. The van der Waals surface area contributed by atoms with Gasteiger partial charge in [-0.2, -0.15) is 5.10 Å². The summed E-state index contributed by atoms with van der Waals surface area (Å²) < 4.78 is 12.1. The minimum atomic E-state index is -2.43. The van der Waals surface area contributed by atoms with Gasteiger partial charge in [0.15, 0.2) is 0 Å². The van der Waals surface area contributed by atoms with Crippen LogP contribution in [0.2, 0.25) is 0 Å². The highest BCUT2D eigenvalue weighted by molar-refractivity contribution is 7.70. The molecule has 0 atom stereocenters. The molecule has 0 aliphatic carbocycles. The topological polar surface area (TPSA) is 91.3 Å². The molecule has 0 aliphatic heterocycles. The summed E-state index contributed by atoms with van der Waals surface area (Å²) in [6.45, 7) is 5.95. The second-order valence-electron chi connectivity index (χ2n) is 4.28. The van der Waals surface area contributed by atoms with E-state index in [2.05, 4.69) is 10.5 Å². The zero-order valence-electron chi connectivity index (χ0n) is 10.9. The van der Waals surface area contributed by atoms with E-state index < -0.39 is 7.14 Å². The third-order valence-corrected chi connectivity index (χ3v) is 3.95. The molecular weight excluding hydrogens is 247 g/mol. The van der Waals surface area contributed by atoms with Crippen molar-refractivity contribution >= 4 is 30.1 Å². The number of hydrazone groups is 1. The SMILES string of the molecule is CCN/N=C(\C=N)c1ccc(N)c(P(C)(C)=O)c1. The minimum Gasteiger partial charge on any atom is -0.398 e. The predicted molar refractivity (Wildman–Crippen MR) is 78.9 cm³/mol. The van der Waals surface area contributed by atoms with Gasteiger partial charge in [-0.15, -0.1) is 0 Å². The fourth-order valence-corrected chi connectivity index (χ4v) is 2.66. The predicted octanol–water partition coefficient (Wildman–Crippen LogP) is 1.48. The minimum absolute atomic E-state index is 0.492. The van der Waals surface area contributed by atoms with E-state index in [1.54, 1.807) is 31.5 Å². The van der Waals surface area contributed by atoms with Crippen molar-refractivity contribution in [2.24, 2.45) is 5.10 Å². The molecule has 0 unspecified atom stereocenters. The van der Waals surface area contributed by atoms with Gasteiger partial charge in [0.25, 0.3) is 0 Å². The molecule has 5 nitrogen and oxygen atoms in total. The first-order valence-electron chi connectivity index (χ1n) is 5.66. The summed E-state index contributed by atoms with van der Waals surface area (Å²) in [6, 6.07) is 5.22. The third kappa shape index (κ3) is 3.44. The summed E-state index contributed by atoms with van der Waals surface area (Å²) in [5.74, 6) is 0. The van der Waals surface area contributed by atoms with Crippen molar-refractivity contribution in [3.05, 3.63) is 23.8 Å². The molecule has 6 heteroatoms. The Balaban J connectivity index is 3.27. The molecule has 0 spiro atoms. The van der Waals surface area contributed by atoms with Gasteiger partial charge in [0.05, 0.1) is 0 Å². The van der Waals surface area contributed by atoms with Crippen LogP contribution in [-0.2, 0) is 4.57 Å². The Hall–Kier alpha value is -1.61. The van der Waals surface area contributed by atoms with Gasteiger partial charge in [0.1, 0.15) is 12.9 Å². The fourth-order valence-electron chi connectivity index (χ4n) is 1.51. The Kier molecular flexibility index (Phi) is 4.68. The van der Waals surface area contributed by atoms with Crippen LogP contribution in [0.25, 0.3) is 0 Å². The molecule has 4 N–H and O–H groups in total. The molecule has 0 amide bonds. The van der Waals surface area contributed by atoms with Gasteiger partial charge >= 0.3 is 0 Å². The summed E-state index contributed by atoms with van der Waals surface area (Å²) in [5.41, 5.74) is 10.4. The maximum atomic E-state index is 12.1. The zero-order valence-corrected chi connectivity index (χ0v) is 11.8. The molecule has 0 heterocycles. The van der Waals surface area contributed by atoms with Gasteiger partial charge in [-0.25, -0.2) is 0 Å². The van der Waals surface area contributed by atoms with Crippen molar-refractivity contribution in [1.29, 1.82) is 5.41 Å². The molecular formula is C12H19N4OP. The van der Waals surface area contributed by atoms with Crippen molar-refractivity contribution in [2.45, 2.75) is 6.92 Å². The Morgan fingerprint density at radius 3 is 2.72 bits per heavy atom. The number of nitrogens with one attached hydrogen (secondary N) is 2. The number of rotatable bonds is 5. The quantitative estimate of drug-likeness (QED) is 0.326. The maximum Gasteiger partial charge on any atom is 0.111 e. The van der Waals surface area contributed by atoms with Crippen molar-refractivity contribution in [2.75, 3.05) is 25.6 Å². The van der Waals surface area contributed by atoms with Crippen LogP contribution >= 0.6 is 7.14 Å². The van der Waals surface area contributed by atoms with Gasteiger partial charge in [0.2, 0.25) is 0 Å². The highest BCUT2D eigenvalue weighted by Crippen LogP contribution is 2.37. The van der Waals surface area contributed by atoms with E-state index in [1.807, 2.05) is 6.92 Å². The molecule has 0 saturated heterocycles.